The zero-order valence-corrected chi connectivity index (χ0v) is 10.1. The number of hydrogen-bond donors (Lipinski definition) is 1. The van der Waals surface area contributed by atoms with Crippen molar-refractivity contribution in [2.45, 2.75) is 0 Å². The standard InChI is InChI=1S/C10H10ClFN2OS/c1-14(5-9(13)16)10(15)7-3-2-6(11)4-8(7)12/h2-4H,5H2,1H3,(H2,13,16). The van der Waals surface area contributed by atoms with E-state index < -0.39 is 11.7 Å². The van der Waals surface area contributed by atoms with Crippen LogP contribution >= 0.6 is 23.8 Å². The lowest BCUT2D eigenvalue weighted by Gasteiger charge is -2.16. The van der Waals surface area contributed by atoms with E-state index in [2.05, 4.69) is 12.2 Å². The number of amides is 1. The number of hydrogen-bond acceptors (Lipinski definition) is 2. The number of likely N-dealkylation sites (N-methyl/N-ethyl adjacent to an activating group) is 1. The average Bonchev–Trinajstić information content (AvgIpc) is 2.15. The Bertz CT molecular complexity index is 439. The van der Waals surface area contributed by atoms with Crippen molar-refractivity contribution in [3.8, 4) is 0 Å². The van der Waals surface area contributed by atoms with Crippen LogP contribution in [0.1, 0.15) is 10.4 Å². The maximum atomic E-state index is 13.4. The lowest BCUT2D eigenvalue weighted by atomic mass is 10.2. The molecule has 86 valence electrons. The maximum Gasteiger partial charge on any atom is 0.256 e. The van der Waals surface area contributed by atoms with E-state index in [0.717, 1.165) is 6.07 Å². The number of nitrogens with zero attached hydrogens (tertiary/aromatic N) is 1. The van der Waals surface area contributed by atoms with Gasteiger partial charge in [-0.25, -0.2) is 4.39 Å². The van der Waals surface area contributed by atoms with Gasteiger partial charge in [-0.3, -0.25) is 4.79 Å². The van der Waals surface area contributed by atoms with Crippen LogP contribution in [0.4, 0.5) is 4.39 Å². The highest BCUT2D eigenvalue weighted by atomic mass is 35.5. The first-order chi connectivity index (χ1) is 7.41. The molecule has 1 amide bonds. The first-order valence-corrected chi connectivity index (χ1v) is 5.19. The van der Waals surface area contributed by atoms with Gasteiger partial charge in [-0.05, 0) is 18.2 Å². The van der Waals surface area contributed by atoms with E-state index in [1.165, 1.54) is 24.1 Å². The van der Waals surface area contributed by atoms with Gasteiger partial charge >= 0.3 is 0 Å². The largest absolute Gasteiger partial charge is 0.392 e. The average molecular weight is 261 g/mol. The molecule has 1 rings (SSSR count). The van der Waals surface area contributed by atoms with E-state index in [0.29, 0.717) is 0 Å². The Hall–Kier alpha value is -1.20. The molecule has 0 spiro atoms. The summed E-state index contributed by atoms with van der Waals surface area (Å²) in [5, 5.41) is 0.242. The Labute approximate surface area is 103 Å². The Morgan fingerprint density at radius 2 is 2.25 bits per heavy atom. The first-order valence-electron chi connectivity index (χ1n) is 4.40. The topological polar surface area (TPSA) is 46.3 Å². The maximum absolute atomic E-state index is 13.4. The number of thiocarbonyl (C=S) groups is 1. The predicted octanol–water partition coefficient (Wildman–Crippen LogP) is 1.84. The van der Waals surface area contributed by atoms with Crippen LogP contribution in [0.15, 0.2) is 18.2 Å². The summed E-state index contributed by atoms with van der Waals surface area (Å²) in [5.41, 5.74) is 5.24. The Balaban J connectivity index is 2.92. The molecule has 0 radical (unpaired) electrons. The highest BCUT2D eigenvalue weighted by Gasteiger charge is 2.16. The van der Waals surface area contributed by atoms with E-state index >= 15 is 0 Å². The van der Waals surface area contributed by atoms with Gasteiger partial charge in [0.1, 0.15) is 5.82 Å². The molecule has 3 nitrogen and oxygen atoms in total. The molecule has 0 atom stereocenters. The molecule has 0 saturated carbocycles. The molecule has 0 unspecified atom stereocenters. The minimum Gasteiger partial charge on any atom is -0.392 e. The summed E-state index contributed by atoms with van der Waals surface area (Å²) in [6.07, 6.45) is 0. The van der Waals surface area contributed by atoms with E-state index in [9.17, 15) is 9.18 Å². The lowest BCUT2D eigenvalue weighted by Crippen LogP contribution is -2.34. The SMILES string of the molecule is CN(CC(N)=S)C(=O)c1ccc(Cl)cc1F. The number of carbonyl (C=O) groups is 1. The molecule has 0 aliphatic heterocycles. The molecule has 6 heteroatoms. The van der Waals surface area contributed by atoms with Crippen LogP contribution in [0.25, 0.3) is 0 Å². The third-order valence-corrected chi connectivity index (χ3v) is 2.27. The zero-order chi connectivity index (χ0) is 12.3. The molecule has 0 heterocycles. The van der Waals surface area contributed by atoms with Gasteiger partial charge in [0, 0.05) is 12.1 Å². The predicted molar refractivity (Wildman–Crippen MR) is 65.2 cm³/mol. The van der Waals surface area contributed by atoms with Crippen molar-refractivity contribution in [3.05, 3.63) is 34.6 Å². The number of carbonyl (C=O) groups excluding carboxylic acids is 1. The number of benzene rings is 1. The van der Waals surface area contributed by atoms with Crippen molar-refractivity contribution >= 4 is 34.7 Å². The second kappa shape index (κ2) is 5.23. The van der Waals surface area contributed by atoms with Crippen LogP contribution < -0.4 is 5.73 Å². The summed E-state index contributed by atoms with van der Waals surface area (Å²) >= 11 is 10.2. The molecule has 2 N–H and O–H groups in total. The van der Waals surface area contributed by atoms with E-state index in [1.807, 2.05) is 0 Å². The molecular weight excluding hydrogens is 251 g/mol. The normalized spacial score (nSPS) is 9.94. The smallest absolute Gasteiger partial charge is 0.256 e. The molecular formula is C10H10ClFN2OS. The van der Waals surface area contributed by atoms with Gasteiger partial charge in [-0.2, -0.15) is 0 Å². The van der Waals surface area contributed by atoms with Crippen LogP contribution in [-0.4, -0.2) is 29.4 Å². The molecule has 0 aliphatic carbocycles. The third kappa shape index (κ3) is 3.15. The van der Waals surface area contributed by atoms with Gasteiger partial charge in [0.05, 0.1) is 17.1 Å². The van der Waals surface area contributed by atoms with Crippen molar-refractivity contribution in [2.24, 2.45) is 5.73 Å². The second-order valence-corrected chi connectivity index (χ2v) is 4.21. The van der Waals surface area contributed by atoms with Gasteiger partial charge in [-0.15, -0.1) is 0 Å². The first kappa shape index (κ1) is 12.9. The lowest BCUT2D eigenvalue weighted by molar-refractivity contribution is 0.0810. The van der Waals surface area contributed by atoms with Crippen LogP contribution in [0.2, 0.25) is 5.02 Å². The number of rotatable bonds is 3. The minimum atomic E-state index is -0.660. The minimum absolute atomic E-state index is 0.0526. The molecule has 0 aromatic heterocycles. The fraction of sp³-hybridized carbons (Fsp3) is 0.200. The highest BCUT2D eigenvalue weighted by Crippen LogP contribution is 2.15. The van der Waals surface area contributed by atoms with Crippen LogP contribution in [0, 0.1) is 5.82 Å². The van der Waals surface area contributed by atoms with Gasteiger partial charge in [0.15, 0.2) is 0 Å². The van der Waals surface area contributed by atoms with Crippen molar-refractivity contribution in [1.29, 1.82) is 0 Å². The van der Waals surface area contributed by atoms with Crippen molar-refractivity contribution in [3.63, 3.8) is 0 Å². The zero-order valence-electron chi connectivity index (χ0n) is 8.54. The Kier molecular flexibility index (Phi) is 4.20. The van der Waals surface area contributed by atoms with Crippen LogP contribution in [0.5, 0.6) is 0 Å². The van der Waals surface area contributed by atoms with Gasteiger partial charge in [-0.1, -0.05) is 23.8 Å². The molecule has 0 saturated heterocycles. The van der Waals surface area contributed by atoms with E-state index in [4.69, 9.17) is 17.3 Å². The second-order valence-electron chi connectivity index (χ2n) is 3.25. The highest BCUT2D eigenvalue weighted by molar-refractivity contribution is 7.80. The van der Waals surface area contributed by atoms with Gasteiger partial charge in [0.25, 0.3) is 5.91 Å². The molecule has 0 aliphatic rings. The van der Waals surface area contributed by atoms with E-state index in [-0.39, 0.29) is 22.1 Å². The monoisotopic (exact) mass is 260 g/mol. The summed E-state index contributed by atoms with van der Waals surface area (Å²) in [5.74, 6) is -1.14. The summed E-state index contributed by atoms with van der Waals surface area (Å²) < 4.78 is 13.4. The summed E-state index contributed by atoms with van der Waals surface area (Å²) in [6, 6.07) is 3.87. The molecule has 1 aromatic carbocycles. The summed E-state index contributed by atoms with van der Waals surface area (Å²) in [6.45, 7) is 0.107. The Morgan fingerprint density at radius 1 is 1.62 bits per heavy atom. The number of nitrogens with two attached hydrogens (primary N) is 1. The molecule has 1 aromatic rings. The molecule has 16 heavy (non-hydrogen) atoms. The fourth-order valence-electron chi connectivity index (χ4n) is 1.17. The Morgan fingerprint density at radius 3 is 2.75 bits per heavy atom. The van der Waals surface area contributed by atoms with Crippen molar-refractivity contribution in [2.75, 3.05) is 13.6 Å². The molecule has 0 fully saturated rings. The summed E-state index contributed by atoms with van der Waals surface area (Å²) in [7, 11) is 1.50. The molecule has 0 bridgehead atoms. The van der Waals surface area contributed by atoms with Gasteiger partial charge in [0.2, 0.25) is 0 Å². The van der Waals surface area contributed by atoms with Crippen LogP contribution in [-0.2, 0) is 0 Å². The third-order valence-electron chi connectivity index (χ3n) is 1.90. The van der Waals surface area contributed by atoms with Gasteiger partial charge < -0.3 is 10.6 Å². The summed E-state index contributed by atoms with van der Waals surface area (Å²) in [4.78, 5) is 13.2. The fourth-order valence-corrected chi connectivity index (χ4v) is 1.53. The van der Waals surface area contributed by atoms with Crippen LogP contribution in [0.3, 0.4) is 0 Å². The van der Waals surface area contributed by atoms with Crippen molar-refractivity contribution in [1.82, 2.24) is 4.90 Å². The quantitative estimate of drug-likeness (QED) is 0.844. The van der Waals surface area contributed by atoms with Crippen molar-refractivity contribution < 1.29 is 9.18 Å². The van der Waals surface area contributed by atoms with E-state index in [1.54, 1.807) is 0 Å². The number of halogens is 2.